The number of benzene rings is 1. The molecule has 0 aliphatic carbocycles. The third kappa shape index (κ3) is 4.87. The molecule has 9 nitrogen and oxygen atoms in total. The molecule has 2 N–H and O–H groups in total. The number of carbonyl (C=O) groups is 1. The van der Waals surface area contributed by atoms with Crippen LogP contribution in [0.2, 0.25) is 0 Å². The molecule has 160 valence electrons. The highest BCUT2D eigenvalue weighted by Crippen LogP contribution is 2.35. The molecular formula is C18H20F2N6O3S. The van der Waals surface area contributed by atoms with E-state index in [1.54, 1.807) is 19.1 Å². The third-order valence-corrected chi connectivity index (χ3v) is 5.66. The van der Waals surface area contributed by atoms with Gasteiger partial charge in [0.05, 0.1) is 18.0 Å². The summed E-state index contributed by atoms with van der Waals surface area (Å²) in [6.45, 7) is 3.06. The number of amides is 1. The van der Waals surface area contributed by atoms with Gasteiger partial charge in [0.1, 0.15) is 17.5 Å². The van der Waals surface area contributed by atoms with Gasteiger partial charge in [-0.2, -0.15) is 5.11 Å². The number of pyridine rings is 1. The zero-order valence-electron chi connectivity index (χ0n) is 16.3. The topological polar surface area (TPSA) is 116 Å². The van der Waals surface area contributed by atoms with Crippen LogP contribution in [0.4, 0.5) is 26.0 Å². The standard InChI is InChI=1S/C18H20F2N6O3S/c1-3-8-30(28,29)24-14-6-5-13(19)18(17(14)20)26-10-15(23-25-26)12-4-7-16(21-9-12)22-11(2)27/h4-7,9,15,24H,3,8,10H2,1-2H3,(H,21,22,27). The van der Waals surface area contributed by atoms with E-state index in [9.17, 15) is 22.0 Å². The van der Waals surface area contributed by atoms with Crippen molar-refractivity contribution in [3.63, 3.8) is 0 Å². The first kappa shape index (κ1) is 21.6. The number of halogens is 2. The molecule has 0 saturated carbocycles. The van der Waals surface area contributed by atoms with Crippen LogP contribution < -0.4 is 15.0 Å². The number of aromatic nitrogens is 1. The van der Waals surface area contributed by atoms with Crippen LogP contribution >= 0.6 is 0 Å². The maximum absolute atomic E-state index is 14.9. The first-order valence-corrected chi connectivity index (χ1v) is 10.8. The Morgan fingerprint density at radius 1 is 1.27 bits per heavy atom. The van der Waals surface area contributed by atoms with Crippen LogP contribution in [0.25, 0.3) is 0 Å². The van der Waals surface area contributed by atoms with Gasteiger partial charge >= 0.3 is 0 Å². The molecule has 1 atom stereocenters. The molecule has 2 aromatic rings. The van der Waals surface area contributed by atoms with Gasteiger partial charge in [0.15, 0.2) is 11.6 Å². The third-order valence-electron chi connectivity index (χ3n) is 4.18. The monoisotopic (exact) mass is 438 g/mol. The number of carbonyl (C=O) groups excluding carboxylic acids is 1. The van der Waals surface area contributed by atoms with Gasteiger partial charge in [0.25, 0.3) is 0 Å². The second-order valence-corrected chi connectivity index (χ2v) is 8.48. The van der Waals surface area contributed by atoms with Crippen LogP contribution in [-0.4, -0.2) is 31.6 Å². The summed E-state index contributed by atoms with van der Waals surface area (Å²) >= 11 is 0. The van der Waals surface area contributed by atoms with E-state index >= 15 is 0 Å². The molecule has 1 aliphatic heterocycles. The largest absolute Gasteiger partial charge is 0.311 e. The van der Waals surface area contributed by atoms with Crippen LogP contribution in [0, 0.1) is 11.6 Å². The first-order valence-electron chi connectivity index (χ1n) is 9.10. The summed E-state index contributed by atoms with van der Waals surface area (Å²) in [4.78, 5) is 15.2. The molecule has 0 saturated heterocycles. The fraction of sp³-hybridized carbons (Fsp3) is 0.333. The summed E-state index contributed by atoms with van der Waals surface area (Å²) in [6.07, 6.45) is 1.84. The molecule has 0 radical (unpaired) electrons. The number of nitrogens with zero attached hydrogens (tertiary/aromatic N) is 4. The van der Waals surface area contributed by atoms with Gasteiger partial charge < -0.3 is 5.32 Å². The van der Waals surface area contributed by atoms with E-state index in [-0.39, 0.29) is 23.9 Å². The van der Waals surface area contributed by atoms with Crippen molar-refractivity contribution in [3.05, 3.63) is 47.7 Å². The van der Waals surface area contributed by atoms with Crippen molar-refractivity contribution in [2.45, 2.75) is 26.3 Å². The molecule has 0 bridgehead atoms. The summed E-state index contributed by atoms with van der Waals surface area (Å²) in [5.41, 5.74) is -0.225. The van der Waals surface area contributed by atoms with Gasteiger partial charge in [-0.05, 0) is 30.2 Å². The smallest absolute Gasteiger partial charge is 0.232 e. The second-order valence-electron chi connectivity index (χ2n) is 6.64. The van der Waals surface area contributed by atoms with Crippen molar-refractivity contribution >= 4 is 33.1 Å². The van der Waals surface area contributed by atoms with E-state index < -0.39 is 33.4 Å². The Bertz CT molecular complexity index is 1080. The maximum Gasteiger partial charge on any atom is 0.232 e. The summed E-state index contributed by atoms with van der Waals surface area (Å²) in [5.74, 6) is -2.06. The minimum atomic E-state index is -3.75. The van der Waals surface area contributed by atoms with Crippen molar-refractivity contribution in [1.29, 1.82) is 0 Å². The van der Waals surface area contributed by atoms with Crippen LogP contribution in [0.15, 0.2) is 40.8 Å². The number of rotatable bonds is 7. The summed E-state index contributed by atoms with van der Waals surface area (Å²) in [7, 11) is -3.75. The van der Waals surface area contributed by atoms with E-state index in [0.29, 0.717) is 17.8 Å². The molecule has 1 aromatic heterocycles. The number of hydrogen-bond acceptors (Lipinski definition) is 7. The van der Waals surface area contributed by atoms with E-state index in [0.717, 1.165) is 17.1 Å². The van der Waals surface area contributed by atoms with E-state index in [2.05, 4.69) is 25.4 Å². The van der Waals surface area contributed by atoms with Gasteiger partial charge in [-0.1, -0.05) is 18.2 Å². The van der Waals surface area contributed by atoms with Crippen LogP contribution in [0.5, 0.6) is 0 Å². The summed E-state index contributed by atoms with van der Waals surface area (Å²) in [5, 5.41) is 11.4. The molecular weight excluding hydrogens is 418 g/mol. The Kier molecular flexibility index (Phi) is 6.25. The zero-order chi connectivity index (χ0) is 21.9. The van der Waals surface area contributed by atoms with Crippen LogP contribution in [0.1, 0.15) is 31.9 Å². The maximum atomic E-state index is 14.9. The lowest BCUT2D eigenvalue weighted by Gasteiger charge is -2.18. The van der Waals surface area contributed by atoms with E-state index in [1.165, 1.54) is 13.1 Å². The lowest BCUT2D eigenvalue weighted by Crippen LogP contribution is -2.21. The van der Waals surface area contributed by atoms with Crippen molar-refractivity contribution in [2.75, 3.05) is 27.3 Å². The normalized spacial score (nSPS) is 16.0. The van der Waals surface area contributed by atoms with Crippen molar-refractivity contribution < 1.29 is 22.0 Å². The van der Waals surface area contributed by atoms with Crippen molar-refractivity contribution in [3.8, 4) is 0 Å². The van der Waals surface area contributed by atoms with Crippen molar-refractivity contribution in [1.82, 2.24) is 4.98 Å². The minimum Gasteiger partial charge on any atom is -0.311 e. The Hall–Kier alpha value is -3.15. The minimum absolute atomic E-state index is 0.0279. The molecule has 3 rings (SSSR count). The molecule has 1 amide bonds. The Labute approximate surface area is 172 Å². The first-order chi connectivity index (χ1) is 14.2. The molecule has 1 unspecified atom stereocenters. The summed E-state index contributed by atoms with van der Waals surface area (Å²) in [6, 6.07) is 4.71. The van der Waals surface area contributed by atoms with Crippen LogP contribution in [-0.2, 0) is 14.8 Å². The van der Waals surface area contributed by atoms with Gasteiger partial charge in [-0.15, -0.1) is 0 Å². The Morgan fingerprint density at radius 3 is 2.67 bits per heavy atom. The Balaban J connectivity index is 1.80. The molecule has 30 heavy (non-hydrogen) atoms. The Morgan fingerprint density at radius 2 is 2.03 bits per heavy atom. The lowest BCUT2D eigenvalue weighted by atomic mass is 10.1. The fourth-order valence-corrected chi connectivity index (χ4v) is 4.00. The number of anilines is 3. The molecule has 12 heteroatoms. The molecule has 1 aliphatic rings. The van der Waals surface area contributed by atoms with Gasteiger partial charge in [-0.25, -0.2) is 27.2 Å². The molecule has 0 fully saturated rings. The predicted molar refractivity (Wildman–Crippen MR) is 108 cm³/mol. The van der Waals surface area contributed by atoms with Crippen LogP contribution in [0.3, 0.4) is 0 Å². The van der Waals surface area contributed by atoms with Gasteiger partial charge in [-0.3, -0.25) is 9.52 Å². The second kappa shape index (κ2) is 8.69. The predicted octanol–water partition coefficient (Wildman–Crippen LogP) is 3.40. The number of hydrogen-bond donors (Lipinski definition) is 2. The van der Waals surface area contributed by atoms with Gasteiger partial charge in [0.2, 0.25) is 15.9 Å². The average molecular weight is 438 g/mol. The zero-order valence-corrected chi connectivity index (χ0v) is 17.1. The fourth-order valence-electron chi connectivity index (χ4n) is 2.87. The highest BCUT2D eigenvalue weighted by Gasteiger charge is 2.29. The van der Waals surface area contributed by atoms with E-state index in [4.69, 9.17) is 0 Å². The average Bonchev–Trinajstić information content (AvgIpc) is 3.14. The summed E-state index contributed by atoms with van der Waals surface area (Å²) < 4.78 is 55.3. The number of nitrogens with one attached hydrogen (secondary N) is 2. The number of sulfonamides is 1. The van der Waals surface area contributed by atoms with E-state index in [1.807, 2.05) is 0 Å². The van der Waals surface area contributed by atoms with Crippen molar-refractivity contribution in [2.24, 2.45) is 10.3 Å². The molecule has 1 aromatic carbocycles. The highest BCUT2D eigenvalue weighted by molar-refractivity contribution is 7.92. The SMILES string of the molecule is CCCS(=O)(=O)Nc1ccc(F)c(N2CC(c3ccc(NC(C)=O)nc3)N=N2)c1F. The molecule has 2 heterocycles. The van der Waals surface area contributed by atoms with Gasteiger partial charge in [0, 0.05) is 13.1 Å². The quantitative estimate of drug-likeness (QED) is 0.687. The molecule has 0 spiro atoms. The lowest BCUT2D eigenvalue weighted by molar-refractivity contribution is -0.114. The highest BCUT2D eigenvalue weighted by atomic mass is 32.2.